The van der Waals surface area contributed by atoms with E-state index in [1.54, 1.807) is 0 Å². The Hall–Kier alpha value is -3.93. The molecule has 1 fully saturated rings. The number of carbonyl (C=O) groups is 1. The molecule has 6 heteroatoms. The van der Waals surface area contributed by atoms with Crippen LogP contribution in [-0.2, 0) is 11.3 Å². The molecule has 1 saturated heterocycles. The maximum Gasteiger partial charge on any atom is 0.243 e. The number of aromatic amines is 1. The van der Waals surface area contributed by atoms with E-state index in [1.807, 2.05) is 64.1 Å². The number of pyridine rings is 1. The van der Waals surface area contributed by atoms with Gasteiger partial charge >= 0.3 is 0 Å². The maximum absolute atomic E-state index is 13.6. The highest BCUT2D eigenvalue weighted by Crippen LogP contribution is 2.32. The van der Waals surface area contributed by atoms with E-state index in [1.165, 1.54) is 5.56 Å². The molecular formula is C27H24N4O2. The van der Waals surface area contributed by atoms with Crippen molar-refractivity contribution in [1.82, 2.24) is 19.4 Å². The topological polar surface area (TPSA) is 71.0 Å². The fourth-order valence-corrected chi connectivity index (χ4v) is 5.12. The molecule has 6 nitrogen and oxygen atoms in total. The first kappa shape index (κ1) is 19.7. The van der Waals surface area contributed by atoms with Gasteiger partial charge in [-0.15, -0.1) is 0 Å². The summed E-state index contributed by atoms with van der Waals surface area (Å²) in [4.78, 5) is 36.8. The molecule has 3 aromatic carbocycles. The molecule has 3 heterocycles. The number of nitrogens with zero attached hydrogens (tertiary/aromatic N) is 3. The van der Waals surface area contributed by atoms with Crippen LogP contribution in [0.1, 0.15) is 30.3 Å². The zero-order valence-electron chi connectivity index (χ0n) is 18.4. The summed E-state index contributed by atoms with van der Waals surface area (Å²) in [6.45, 7) is 2.94. The van der Waals surface area contributed by atoms with E-state index < -0.39 is 0 Å². The van der Waals surface area contributed by atoms with Crippen molar-refractivity contribution < 1.29 is 4.79 Å². The Morgan fingerprint density at radius 3 is 2.45 bits per heavy atom. The molecule has 2 aromatic heterocycles. The number of aromatic nitrogens is 3. The Kier molecular flexibility index (Phi) is 4.54. The summed E-state index contributed by atoms with van der Waals surface area (Å²) in [6, 6.07) is 21.1. The molecule has 1 atom stereocenters. The minimum atomic E-state index is -0.0675. The fourth-order valence-electron chi connectivity index (χ4n) is 5.12. The standard InChI is InChI=1S/C27H24N4O2/c1-17-12-13-20-21(15-17)29-27(28-20)24-11-6-14-30(24)25(32)16-31-22-9-4-2-7-18(22)26(33)19-8-3-5-10-23(19)31/h2-5,7-10,12-13,15,24H,6,11,14,16H2,1H3,(H,28,29). The third kappa shape index (κ3) is 3.21. The number of hydrogen-bond donors (Lipinski definition) is 1. The van der Waals surface area contributed by atoms with Crippen LogP contribution in [0.2, 0.25) is 0 Å². The first-order valence-corrected chi connectivity index (χ1v) is 11.4. The van der Waals surface area contributed by atoms with Gasteiger partial charge in [0.2, 0.25) is 5.91 Å². The van der Waals surface area contributed by atoms with Crippen molar-refractivity contribution in [3.05, 3.63) is 88.3 Å². The van der Waals surface area contributed by atoms with Crippen LogP contribution in [0.15, 0.2) is 71.5 Å². The van der Waals surface area contributed by atoms with Gasteiger partial charge in [-0.3, -0.25) is 9.59 Å². The van der Waals surface area contributed by atoms with Crippen LogP contribution in [-0.4, -0.2) is 31.9 Å². The number of amides is 1. The Bertz CT molecular complexity index is 1540. The van der Waals surface area contributed by atoms with Crippen molar-refractivity contribution in [3.8, 4) is 0 Å². The highest BCUT2D eigenvalue weighted by molar-refractivity contribution is 5.95. The number of likely N-dealkylation sites (tertiary alicyclic amines) is 1. The number of nitrogens with one attached hydrogen (secondary N) is 1. The van der Waals surface area contributed by atoms with Crippen molar-refractivity contribution in [2.45, 2.75) is 32.4 Å². The van der Waals surface area contributed by atoms with Gasteiger partial charge in [0.05, 0.1) is 28.1 Å². The largest absolute Gasteiger partial charge is 0.340 e. The number of carbonyl (C=O) groups excluding carboxylic acids is 1. The van der Waals surface area contributed by atoms with Crippen LogP contribution in [0.25, 0.3) is 32.8 Å². The summed E-state index contributed by atoms with van der Waals surface area (Å²) >= 11 is 0. The van der Waals surface area contributed by atoms with Crippen LogP contribution >= 0.6 is 0 Å². The molecule has 0 spiro atoms. The van der Waals surface area contributed by atoms with Crippen LogP contribution in [0.5, 0.6) is 0 Å². The molecule has 164 valence electrons. The molecule has 1 N–H and O–H groups in total. The molecule has 33 heavy (non-hydrogen) atoms. The molecule has 0 radical (unpaired) electrons. The first-order chi connectivity index (χ1) is 16.1. The lowest BCUT2D eigenvalue weighted by molar-refractivity contribution is -0.132. The van der Waals surface area contributed by atoms with Gasteiger partial charge in [0.25, 0.3) is 0 Å². The monoisotopic (exact) mass is 436 g/mol. The Balaban J connectivity index is 1.40. The molecule has 0 aliphatic carbocycles. The Morgan fingerprint density at radius 2 is 1.73 bits per heavy atom. The molecule has 1 aliphatic heterocycles. The lowest BCUT2D eigenvalue weighted by atomic mass is 10.1. The van der Waals surface area contributed by atoms with E-state index in [-0.39, 0.29) is 23.9 Å². The summed E-state index contributed by atoms with van der Waals surface area (Å²) in [7, 11) is 0. The molecule has 6 rings (SSSR count). The third-order valence-corrected chi connectivity index (χ3v) is 6.72. The van der Waals surface area contributed by atoms with Gasteiger partial charge in [0.15, 0.2) is 5.43 Å². The van der Waals surface area contributed by atoms with Crippen molar-refractivity contribution in [1.29, 1.82) is 0 Å². The number of H-pyrrole nitrogens is 1. The SMILES string of the molecule is Cc1ccc2nc(C3CCCN3C(=O)Cn3c4ccccc4c(=O)c4ccccc43)[nH]c2c1. The Labute approximate surface area is 190 Å². The summed E-state index contributed by atoms with van der Waals surface area (Å²) in [5.41, 5.74) is 4.67. The van der Waals surface area contributed by atoms with Crippen molar-refractivity contribution >= 4 is 38.7 Å². The van der Waals surface area contributed by atoms with Crippen LogP contribution in [0.3, 0.4) is 0 Å². The van der Waals surface area contributed by atoms with Gasteiger partial charge < -0.3 is 14.5 Å². The van der Waals surface area contributed by atoms with E-state index in [0.717, 1.165) is 40.7 Å². The zero-order chi connectivity index (χ0) is 22.5. The number of benzene rings is 3. The molecule has 1 aliphatic rings. The van der Waals surface area contributed by atoms with Gasteiger partial charge in [-0.25, -0.2) is 4.98 Å². The fraction of sp³-hybridized carbons (Fsp3) is 0.222. The van der Waals surface area contributed by atoms with Crippen LogP contribution in [0.4, 0.5) is 0 Å². The summed E-state index contributed by atoms with van der Waals surface area (Å²) in [6.07, 6.45) is 1.83. The highest BCUT2D eigenvalue weighted by Gasteiger charge is 2.32. The van der Waals surface area contributed by atoms with Gasteiger partial charge in [0, 0.05) is 17.3 Å². The molecule has 5 aromatic rings. The normalized spacial score (nSPS) is 16.3. The summed E-state index contributed by atoms with van der Waals surface area (Å²) < 4.78 is 1.98. The highest BCUT2D eigenvalue weighted by atomic mass is 16.2. The molecule has 1 amide bonds. The van der Waals surface area contributed by atoms with E-state index in [0.29, 0.717) is 17.3 Å². The minimum Gasteiger partial charge on any atom is -0.340 e. The zero-order valence-corrected chi connectivity index (χ0v) is 18.4. The summed E-state index contributed by atoms with van der Waals surface area (Å²) in [5.74, 6) is 0.879. The number of hydrogen-bond acceptors (Lipinski definition) is 3. The molecule has 0 saturated carbocycles. The van der Waals surface area contributed by atoms with E-state index in [2.05, 4.69) is 24.0 Å². The predicted octanol–water partition coefficient (Wildman–Crippen LogP) is 4.70. The third-order valence-electron chi connectivity index (χ3n) is 6.72. The van der Waals surface area contributed by atoms with Crippen molar-refractivity contribution in [3.63, 3.8) is 0 Å². The second-order valence-corrected chi connectivity index (χ2v) is 8.84. The maximum atomic E-state index is 13.6. The van der Waals surface area contributed by atoms with E-state index in [4.69, 9.17) is 4.98 Å². The number of aryl methyl sites for hydroxylation is 1. The van der Waals surface area contributed by atoms with E-state index >= 15 is 0 Å². The average molecular weight is 437 g/mol. The molecular weight excluding hydrogens is 412 g/mol. The van der Waals surface area contributed by atoms with Crippen molar-refractivity contribution in [2.75, 3.05) is 6.54 Å². The van der Waals surface area contributed by atoms with Crippen molar-refractivity contribution in [2.24, 2.45) is 0 Å². The van der Waals surface area contributed by atoms with Gasteiger partial charge in [0.1, 0.15) is 12.4 Å². The van der Waals surface area contributed by atoms with Gasteiger partial charge in [-0.1, -0.05) is 30.3 Å². The second kappa shape index (κ2) is 7.59. The predicted molar refractivity (Wildman–Crippen MR) is 130 cm³/mol. The molecule has 0 bridgehead atoms. The second-order valence-electron chi connectivity index (χ2n) is 8.84. The first-order valence-electron chi connectivity index (χ1n) is 11.4. The number of imidazole rings is 1. The lowest BCUT2D eigenvalue weighted by Crippen LogP contribution is -2.34. The Morgan fingerprint density at radius 1 is 1.03 bits per heavy atom. The lowest BCUT2D eigenvalue weighted by Gasteiger charge is -2.25. The molecule has 1 unspecified atom stereocenters. The van der Waals surface area contributed by atoms with Crippen LogP contribution < -0.4 is 5.43 Å². The number of para-hydroxylation sites is 2. The number of rotatable bonds is 3. The summed E-state index contributed by atoms with van der Waals surface area (Å²) in [5, 5.41) is 1.27. The quantitative estimate of drug-likeness (QED) is 0.417. The minimum absolute atomic E-state index is 0.00140. The van der Waals surface area contributed by atoms with Gasteiger partial charge in [-0.05, 0) is 61.7 Å². The van der Waals surface area contributed by atoms with Gasteiger partial charge in [-0.2, -0.15) is 0 Å². The van der Waals surface area contributed by atoms with Crippen LogP contribution in [0, 0.1) is 6.92 Å². The smallest absolute Gasteiger partial charge is 0.243 e. The number of fused-ring (bicyclic) bond motifs is 3. The van der Waals surface area contributed by atoms with E-state index in [9.17, 15) is 9.59 Å². The average Bonchev–Trinajstić information content (AvgIpc) is 3.48.